The van der Waals surface area contributed by atoms with Crippen molar-refractivity contribution in [3.05, 3.63) is 249 Å². The molecule has 0 radical (unpaired) electrons. The molecule has 0 fully saturated rings. The minimum absolute atomic E-state index is 0.101. The van der Waals surface area contributed by atoms with Gasteiger partial charge in [-0.15, -0.1) is 0 Å². The number of benzene rings is 7. The molecule has 0 bridgehead atoms. The van der Waals surface area contributed by atoms with Gasteiger partial charge in [-0.05, 0) is 101 Å². The lowest BCUT2D eigenvalue weighted by Gasteiger charge is -2.20. The molecule has 0 saturated heterocycles. The molecule has 0 aliphatic heterocycles. The van der Waals surface area contributed by atoms with Crippen molar-refractivity contribution in [1.82, 2.24) is 0 Å². The van der Waals surface area contributed by atoms with Crippen LogP contribution in [0.4, 0.5) is 0 Å². The summed E-state index contributed by atoms with van der Waals surface area (Å²) in [6, 6.07) is 65.5. The van der Waals surface area contributed by atoms with E-state index in [2.05, 4.69) is 260 Å². The van der Waals surface area contributed by atoms with Gasteiger partial charge in [-0.1, -0.05) is 248 Å². The summed E-state index contributed by atoms with van der Waals surface area (Å²) < 4.78 is 0. The smallest absolute Gasteiger partial charge is 0.0105 e. The summed E-state index contributed by atoms with van der Waals surface area (Å²) in [5, 5.41) is 0. The molecule has 286 valence electrons. The van der Waals surface area contributed by atoms with Gasteiger partial charge in [0.15, 0.2) is 0 Å². The van der Waals surface area contributed by atoms with Gasteiger partial charge in [-0.2, -0.15) is 0 Å². The van der Waals surface area contributed by atoms with Gasteiger partial charge in [0, 0.05) is 0 Å². The topological polar surface area (TPSA) is 0 Å². The third-order valence-electron chi connectivity index (χ3n) is 10.8. The summed E-state index contributed by atoms with van der Waals surface area (Å²) in [6.45, 7) is 13.6. The molecule has 7 rings (SSSR count). The first kappa shape index (κ1) is 39.7. The largest absolute Gasteiger partial charge is 0.0622 e. The minimum Gasteiger partial charge on any atom is -0.0622 e. The van der Waals surface area contributed by atoms with Crippen LogP contribution in [0.3, 0.4) is 0 Å². The second-order valence-electron chi connectivity index (χ2n) is 17.1. The molecule has 0 saturated carbocycles. The monoisotopic (exact) mass is 750 g/mol. The van der Waals surface area contributed by atoms with E-state index in [9.17, 15) is 0 Å². The Balaban J connectivity index is 1.21. The fourth-order valence-electron chi connectivity index (χ4n) is 7.27. The molecule has 7 aromatic rings. The summed E-state index contributed by atoms with van der Waals surface area (Å²) in [5.74, 6) is 0. The van der Waals surface area contributed by atoms with E-state index in [0.29, 0.717) is 0 Å². The lowest BCUT2D eigenvalue weighted by atomic mass is 9.85. The van der Waals surface area contributed by atoms with Gasteiger partial charge in [-0.25, -0.2) is 0 Å². The van der Waals surface area contributed by atoms with Crippen LogP contribution in [-0.2, 0) is 10.8 Å². The Hall–Kier alpha value is -6.50. The van der Waals surface area contributed by atoms with Crippen molar-refractivity contribution >= 4 is 47.6 Å². The van der Waals surface area contributed by atoms with Gasteiger partial charge < -0.3 is 0 Å². The SMILES string of the molecule is CC(C)(C)c1ccc(C(=Cc2ccccc2C=Cc2ccccc2C=Cc2ccccc2C=C(c2ccccc2)c2ccc(C(C)(C)C)cc2)c2ccccc2)cc1. The van der Waals surface area contributed by atoms with E-state index in [1.165, 1.54) is 66.8 Å². The van der Waals surface area contributed by atoms with Crippen LogP contribution < -0.4 is 0 Å². The van der Waals surface area contributed by atoms with Crippen LogP contribution in [-0.4, -0.2) is 0 Å². The molecule has 0 amide bonds. The van der Waals surface area contributed by atoms with Gasteiger partial charge in [0.1, 0.15) is 0 Å². The fraction of sp³-hybridized carbons (Fsp3) is 0.138. The zero-order valence-electron chi connectivity index (χ0n) is 34.8. The first-order chi connectivity index (χ1) is 28.0. The third kappa shape index (κ3) is 9.89. The Morgan fingerprint density at radius 2 is 0.517 bits per heavy atom. The second kappa shape index (κ2) is 17.7. The van der Waals surface area contributed by atoms with Crippen LogP contribution in [0.25, 0.3) is 47.6 Å². The van der Waals surface area contributed by atoms with Crippen LogP contribution in [0.5, 0.6) is 0 Å². The van der Waals surface area contributed by atoms with Crippen molar-refractivity contribution in [2.45, 2.75) is 52.4 Å². The van der Waals surface area contributed by atoms with Crippen LogP contribution >= 0.6 is 0 Å². The molecule has 0 aliphatic carbocycles. The average Bonchev–Trinajstić information content (AvgIpc) is 3.24. The number of rotatable bonds is 10. The Bertz CT molecular complexity index is 2380. The molecule has 0 unspecified atom stereocenters. The van der Waals surface area contributed by atoms with Gasteiger partial charge >= 0.3 is 0 Å². The molecule has 0 aliphatic rings. The van der Waals surface area contributed by atoms with E-state index >= 15 is 0 Å². The fourth-order valence-corrected chi connectivity index (χ4v) is 7.27. The van der Waals surface area contributed by atoms with Gasteiger partial charge in [0.25, 0.3) is 0 Å². The van der Waals surface area contributed by atoms with Gasteiger partial charge in [0.05, 0.1) is 0 Å². The predicted molar refractivity (Wildman–Crippen MR) is 254 cm³/mol. The zero-order valence-corrected chi connectivity index (χ0v) is 34.8. The predicted octanol–water partition coefficient (Wildman–Crippen LogP) is 15.8. The zero-order chi connectivity index (χ0) is 40.5. The Morgan fingerprint density at radius 1 is 0.276 bits per heavy atom. The quantitative estimate of drug-likeness (QED) is 0.122. The van der Waals surface area contributed by atoms with Crippen molar-refractivity contribution in [3.63, 3.8) is 0 Å². The lowest BCUT2D eigenvalue weighted by molar-refractivity contribution is 0.590. The summed E-state index contributed by atoms with van der Waals surface area (Å²) in [7, 11) is 0. The molecule has 0 aromatic heterocycles. The van der Waals surface area contributed by atoms with E-state index in [0.717, 1.165) is 11.1 Å². The van der Waals surface area contributed by atoms with Gasteiger partial charge in [0.2, 0.25) is 0 Å². The van der Waals surface area contributed by atoms with Crippen LogP contribution in [0.15, 0.2) is 182 Å². The average molecular weight is 751 g/mol. The van der Waals surface area contributed by atoms with Crippen LogP contribution in [0.2, 0.25) is 0 Å². The standard InChI is InChI=1S/C58H54/c1-57(2,3)53-37-33-49(34-38-53)55(47-23-9-7-10-24-47)41-51-27-17-15-21-45(51)31-29-43-19-13-14-20-44(43)30-32-46-22-16-18-28-52(46)42-56(48-25-11-8-12-26-48)50-35-39-54(40-36-50)58(4,5)6/h7-42H,1-6H3. The Morgan fingerprint density at radius 3 is 0.810 bits per heavy atom. The van der Waals surface area contributed by atoms with Crippen LogP contribution in [0, 0.1) is 0 Å². The van der Waals surface area contributed by atoms with E-state index < -0.39 is 0 Å². The number of hydrogen-bond donors (Lipinski definition) is 0. The highest BCUT2D eigenvalue weighted by molar-refractivity contribution is 5.95. The first-order valence-corrected chi connectivity index (χ1v) is 20.4. The molecule has 0 nitrogen and oxygen atoms in total. The number of hydrogen-bond acceptors (Lipinski definition) is 0. The minimum atomic E-state index is 0.101. The highest BCUT2D eigenvalue weighted by atomic mass is 14.2. The molecule has 0 N–H and O–H groups in total. The Kier molecular flexibility index (Phi) is 12.2. The van der Waals surface area contributed by atoms with E-state index in [1.54, 1.807) is 0 Å². The van der Waals surface area contributed by atoms with E-state index in [4.69, 9.17) is 0 Å². The molecule has 0 heterocycles. The molecule has 0 heteroatoms. The van der Waals surface area contributed by atoms with E-state index in [1.807, 2.05) is 0 Å². The van der Waals surface area contributed by atoms with E-state index in [-0.39, 0.29) is 10.8 Å². The summed E-state index contributed by atoms with van der Waals surface area (Å²) in [4.78, 5) is 0. The highest BCUT2D eigenvalue weighted by Crippen LogP contribution is 2.32. The molecule has 0 atom stereocenters. The Labute approximate surface area is 347 Å². The van der Waals surface area contributed by atoms with Crippen molar-refractivity contribution in [1.29, 1.82) is 0 Å². The van der Waals surface area contributed by atoms with Gasteiger partial charge in [-0.3, -0.25) is 0 Å². The molecule has 58 heavy (non-hydrogen) atoms. The summed E-state index contributed by atoms with van der Waals surface area (Å²) >= 11 is 0. The van der Waals surface area contributed by atoms with Crippen molar-refractivity contribution in [3.8, 4) is 0 Å². The maximum absolute atomic E-state index is 2.33. The third-order valence-corrected chi connectivity index (χ3v) is 10.8. The molecular weight excluding hydrogens is 697 g/mol. The molecule has 0 spiro atoms. The summed E-state index contributed by atoms with van der Waals surface area (Å²) in [5.41, 5.74) is 17.1. The van der Waals surface area contributed by atoms with Crippen LogP contribution in [0.1, 0.15) is 108 Å². The summed E-state index contributed by atoms with van der Waals surface area (Å²) in [6.07, 6.45) is 13.6. The van der Waals surface area contributed by atoms with Crippen molar-refractivity contribution in [2.75, 3.05) is 0 Å². The normalized spacial score (nSPS) is 12.7. The van der Waals surface area contributed by atoms with Crippen molar-refractivity contribution < 1.29 is 0 Å². The molecular formula is C58H54. The maximum atomic E-state index is 2.33. The highest BCUT2D eigenvalue weighted by Gasteiger charge is 2.16. The molecule has 7 aromatic carbocycles. The second-order valence-corrected chi connectivity index (χ2v) is 17.1. The lowest BCUT2D eigenvalue weighted by Crippen LogP contribution is -2.10. The maximum Gasteiger partial charge on any atom is -0.0105 e. The van der Waals surface area contributed by atoms with Crippen molar-refractivity contribution in [2.24, 2.45) is 0 Å². The first-order valence-electron chi connectivity index (χ1n) is 20.4.